The maximum Gasteiger partial charge on any atom is 0.240 e. The summed E-state index contributed by atoms with van der Waals surface area (Å²) in [6.45, 7) is 5.85. The van der Waals surface area contributed by atoms with Crippen molar-refractivity contribution in [3.8, 4) is 0 Å². The smallest absolute Gasteiger partial charge is 0.240 e. The fourth-order valence-corrected chi connectivity index (χ4v) is 3.85. The van der Waals surface area contributed by atoms with E-state index in [4.69, 9.17) is 0 Å². The van der Waals surface area contributed by atoms with E-state index >= 15 is 0 Å². The number of sulfonamides is 1. The molecule has 0 amide bonds. The molecule has 0 aliphatic heterocycles. The van der Waals surface area contributed by atoms with E-state index in [1.807, 2.05) is 30.7 Å². The fourth-order valence-electron chi connectivity index (χ4n) is 1.92. The van der Waals surface area contributed by atoms with E-state index in [1.165, 1.54) is 0 Å². The van der Waals surface area contributed by atoms with Crippen LogP contribution in [0.15, 0.2) is 39.9 Å². The summed E-state index contributed by atoms with van der Waals surface area (Å²) in [6.07, 6.45) is 0. The van der Waals surface area contributed by atoms with Gasteiger partial charge in [-0.15, -0.1) is 0 Å². The average Bonchev–Trinajstić information content (AvgIpc) is 2.89. The van der Waals surface area contributed by atoms with Gasteiger partial charge in [-0.1, -0.05) is 19.1 Å². The van der Waals surface area contributed by atoms with Crippen molar-refractivity contribution in [2.45, 2.75) is 31.8 Å². The zero-order chi connectivity index (χ0) is 15.3. The van der Waals surface area contributed by atoms with Crippen LogP contribution in [0.1, 0.15) is 23.6 Å². The zero-order valence-electron chi connectivity index (χ0n) is 12.2. The molecule has 0 aliphatic carbocycles. The Morgan fingerprint density at radius 1 is 1.19 bits per heavy atom. The molecule has 1 aromatic carbocycles. The van der Waals surface area contributed by atoms with Crippen LogP contribution < -0.4 is 10.0 Å². The maximum atomic E-state index is 12.3. The summed E-state index contributed by atoms with van der Waals surface area (Å²) < 4.78 is 27.3. The van der Waals surface area contributed by atoms with Crippen LogP contribution >= 0.6 is 11.3 Å². The van der Waals surface area contributed by atoms with Crippen LogP contribution in [-0.2, 0) is 23.1 Å². The van der Waals surface area contributed by atoms with Gasteiger partial charge in [0.05, 0.1) is 4.90 Å². The van der Waals surface area contributed by atoms with Crippen LogP contribution in [0.2, 0.25) is 0 Å². The Morgan fingerprint density at radius 2 is 2.00 bits per heavy atom. The molecule has 0 fully saturated rings. The number of nitrogens with one attached hydrogen (secondary N) is 2. The minimum absolute atomic E-state index is 0.311. The Hall–Kier alpha value is -1.21. The fraction of sp³-hybridized carbons (Fsp3) is 0.333. The van der Waals surface area contributed by atoms with Gasteiger partial charge in [0.1, 0.15) is 0 Å². The van der Waals surface area contributed by atoms with Crippen LogP contribution in [0.25, 0.3) is 0 Å². The highest BCUT2D eigenvalue weighted by Crippen LogP contribution is 2.16. The van der Waals surface area contributed by atoms with Crippen molar-refractivity contribution in [2.75, 3.05) is 6.54 Å². The Balaban J connectivity index is 2.10. The second-order valence-electron chi connectivity index (χ2n) is 4.83. The molecule has 0 radical (unpaired) electrons. The van der Waals surface area contributed by atoms with Crippen LogP contribution in [0.4, 0.5) is 0 Å². The number of hydrogen-bond donors (Lipinski definition) is 2. The van der Waals surface area contributed by atoms with E-state index in [2.05, 4.69) is 10.0 Å². The van der Waals surface area contributed by atoms with Gasteiger partial charge in [-0.25, -0.2) is 13.1 Å². The molecule has 0 saturated heterocycles. The summed E-state index contributed by atoms with van der Waals surface area (Å²) in [6, 6.07) is 7.03. The van der Waals surface area contributed by atoms with Gasteiger partial charge in [0.25, 0.3) is 0 Å². The van der Waals surface area contributed by atoms with E-state index < -0.39 is 10.0 Å². The van der Waals surface area contributed by atoms with Crippen LogP contribution in [0, 0.1) is 6.92 Å². The summed E-state index contributed by atoms with van der Waals surface area (Å²) >= 11 is 1.58. The SMILES string of the molecule is CCNCc1cccc(S(=O)(=O)NCc2cscc2C)c1. The molecule has 0 bridgehead atoms. The Labute approximate surface area is 130 Å². The Morgan fingerprint density at radius 3 is 2.67 bits per heavy atom. The normalized spacial score (nSPS) is 11.7. The number of hydrogen-bond acceptors (Lipinski definition) is 4. The molecule has 0 saturated carbocycles. The molecule has 21 heavy (non-hydrogen) atoms. The first-order valence-corrected chi connectivity index (χ1v) is 9.26. The molecule has 114 valence electrons. The number of thiophene rings is 1. The second kappa shape index (κ2) is 7.17. The molecule has 6 heteroatoms. The van der Waals surface area contributed by atoms with E-state index in [0.29, 0.717) is 18.0 Å². The van der Waals surface area contributed by atoms with E-state index in [0.717, 1.165) is 23.2 Å². The van der Waals surface area contributed by atoms with Crippen LogP contribution in [0.5, 0.6) is 0 Å². The molecule has 4 nitrogen and oxygen atoms in total. The first kappa shape index (κ1) is 16.2. The van der Waals surface area contributed by atoms with Crippen molar-refractivity contribution in [3.05, 3.63) is 51.7 Å². The Bertz CT molecular complexity index is 693. The molecule has 0 spiro atoms. The predicted molar refractivity (Wildman–Crippen MR) is 86.9 cm³/mol. The molecular formula is C15H20N2O2S2. The van der Waals surface area contributed by atoms with Crippen molar-refractivity contribution >= 4 is 21.4 Å². The zero-order valence-corrected chi connectivity index (χ0v) is 13.9. The minimum atomic E-state index is -3.47. The third-order valence-electron chi connectivity index (χ3n) is 3.20. The standard InChI is InChI=1S/C15H20N2O2S2/c1-3-16-8-13-5-4-6-15(7-13)21(18,19)17-9-14-11-20-10-12(14)2/h4-7,10-11,16-17H,3,8-9H2,1-2H3. The molecule has 0 unspecified atom stereocenters. The number of aryl methyl sites for hydroxylation is 1. The number of rotatable bonds is 7. The highest BCUT2D eigenvalue weighted by Gasteiger charge is 2.14. The lowest BCUT2D eigenvalue weighted by molar-refractivity contribution is 0.581. The summed E-state index contributed by atoms with van der Waals surface area (Å²) in [4.78, 5) is 0.311. The van der Waals surface area contributed by atoms with Crippen molar-refractivity contribution in [1.29, 1.82) is 0 Å². The van der Waals surface area contributed by atoms with Crippen molar-refractivity contribution in [1.82, 2.24) is 10.0 Å². The molecule has 2 aromatic rings. The lowest BCUT2D eigenvalue weighted by atomic mass is 10.2. The Kier molecular flexibility index (Phi) is 5.52. The summed E-state index contributed by atoms with van der Waals surface area (Å²) in [7, 11) is -3.47. The lowest BCUT2D eigenvalue weighted by Gasteiger charge is -2.09. The van der Waals surface area contributed by atoms with Gasteiger partial charge in [-0.05, 0) is 53.1 Å². The third kappa shape index (κ3) is 4.38. The second-order valence-corrected chi connectivity index (χ2v) is 7.34. The first-order chi connectivity index (χ1) is 10.0. The average molecular weight is 324 g/mol. The first-order valence-electron chi connectivity index (χ1n) is 6.84. The van der Waals surface area contributed by atoms with E-state index in [1.54, 1.807) is 29.5 Å². The molecule has 1 aromatic heterocycles. The monoisotopic (exact) mass is 324 g/mol. The molecule has 1 heterocycles. The summed E-state index contributed by atoms with van der Waals surface area (Å²) in [5, 5.41) is 7.18. The lowest BCUT2D eigenvalue weighted by Crippen LogP contribution is -2.23. The van der Waals surface area contributed by atoms with Gasteiger partial charge >= 0.3 is 0 Å². The topological polar surface area (TPSA) is 58.2 Å². The minimum Gasteiger partial charge on any atom is -0.313 e. The molecule has 0 atom stereocenters. The molecule has 2 rings (SSSR count). The van der Waals surface area contributed by atoms with Crippen LogP contribution in [-0.4, -0.2) is 15.0 Å². The molecule has 2 N–H and O–H groups in total. The molecule has 0 aliphatic rings. The largest absolute Gasteiger partial charge is 0.313 e. The maximum absolute atomic E-state index is 12.3. The quantitative estimate of drug-likeness (QED) is 0.823. The van der Waals surface area contributed by atoms with Gasteiger partial charge in [-0.2, -0.15) is 11.3 Å². The van der Waals surface area contributed by atoms with Gasteiger partial charge < -0.3 is 5.32 Å². The van der Waals surface area contributed by atoms with Gasteiger partial charge in [0.15, 0.2) is 0 Å². The highest BCUT2D eigenvalue weighted by molar-refractivity contribution is 7.89. The van der Waals surface area contributed by atoms with Crippen LogP contribution in [0.3, 0.4) is 0 Å². The van der Waals surface area contributed by atoms with Gasteiger partial charge in [0.2, 0.25) is 10.0 Å². The van der Waals surface area contributed by atoms with Crippen molar-refractivity contribution < 1.29 is 8.42 Å². The third-order valence-corrected chi connectivity index (χ3v) is 5.51. The number of benzene rings is 1. The molecular weight excluding hydrogens is 304 g/mol. The van der Waals surface area contributed by atoms with Gasteiger partial charge in [-0.3, -0.25) is 0 Å². The predicted octanol–water partition coefficient (Wildman–Crippen LogP) is 2.64. The summed E-state index contributed by atoms with van der Waals surface area (Å²) in [5.41, 5.74) is 3.10. The van der Waals surface area contributed by atoms with Crippen molar-refractivity contribution in [2.24, 2.45) is 0 Å². The van der Waals surface area contributed by atoms with Crippen molar-refractivity contribution in [3.63, 3.8) is 0 Å². The van der Waals surface area contributed by atoms with E-state index in [-0.39, 0.29) is 0 Å². The van der Waals surface area contributed by atoms with Gasteiger partial charge in [0, 0.05) is 13.1 Å². The highest BCUT2D eigenvalue weighted by atomic mass is 32.2. The van der Waals surface area contributed by atoms with E-state index in [9.17, 15) is 8.42 Å². The summed E-state index contributed by atoms with van der Waals surface area (Å²) in [5.74, 6) is 0.